The minimum atomic E-state index is -3.48. The first-order valence-corrected chi connectivity index (χ1v) is 9.06. The molecule has 7 heteroatoms. The molecule has 1 fully saturated rings. The van der Waals surface area contributed by atoms with Crippen LogP contribution >= 0.6 is 11.6 Å². The van der Waals surface area contributed by atoms with Gasteiger partial charge in [0.15, 0.2) is 0 Å². The number of nitrogens with one attached hydrogen (secondary N) is 1. The molecular weight excluding hydrogens is 322 g/mol. The number of hydrogen-bond acceptors (Lipinski definition) is 3. The van der Waals surface area contributed by atoms with Crippen LogP contribution in [0.3, 0.4) is 0 Å². The van der Waals surface area contributed by atoms with Crippen molar-refractivity contribution in [3.05, 3.63) is 47.0 Å². The van der Waals surface area contributed by atoms with Gasteiger partial charge in [0.05, 0.1) is 4.90 Å². The summed E-state index contributed by atoms with van der Waals surface area (Å²) in [5.41, 5.74) is 0.993. The summed E-state index contributed by atoms with van der Waals surface area (Å²) in [5, 5.41) is 0.529. The van der Waals surface area contributed by atoms with Crippen LogP contribution < -0.4 is 0 Å². The molecule has 22 heavy (non-hydrogen) atoms. The van der Waals surface area contributed by atoms with Crippen molar-refractivity contribution in [1.29, 1.82) is 0 Å². The van der Waals surface area contributed by atoms with Crippen molar-refractivity contribution in [2.24, 2.45) is 0 Å². The SMILES string of the molecule is Cc1cnc([C@@H]2CCCN(S(=O)(=O)c3ccc(Cl)cc3)C2)[nH]1. The second-order valence-electron chi connectivity index (χ2n) is 5.61. The number of aryl methyl sites for hydroxylation is 1. The normalized spacial score (nSPS) is 20.2. The van der Waals surface area contributed by atoms with Crippen LogP contribution in [0.5, 0.6) is 0 Å². The third kappa shape index (κ3) is 3.04. The number of sulfonamides is 1. The fourth-order valence-electron chi connectivity index (χ4n) is 2.78. The lowest BCUT2D eigenvalue weighted by molar-refractivity contribution is 0.310. The highest BCUT2D eigenvalue weighted by Crippen LogP contribution is 2.29. The van der Waals surface area contributed by atoms with E-state index in [0.29, 0.717) is 18.1 Å². The first kappa shape index (κ1) is 15.5. The Morgan fingerprint density at radius 1 is 1.32 bits per heavy atom. The van der Waals surface area contributed by atoms with Crippen LogP contribution in [0.4, 0.5) is 0 Å². The Kier molecular flexibility index (Phi) is 4.25. The van der Waals surface area contributed by atoms with E-state index in [4.69, 9.17) is 11.6 Å². The Labute approximate surface area is 135 Å². The Balaban J connectivity index is 1.83. The van der Waals surface area contributed by atoms with Crippen LogP contribution in [0.15, 0.2) is 35.4 Å². The van der Waals surface area contributed by atoms with E-state index < -0.39 is 10.0 Å². The predicted molar refractivity (Wildman–Crippen MR) is 85.5 cm³/mol. The molecule has 1 aromatic heterocycles. The van der Waals surface area contributed by atoms with Crippen molar-refractivity contribution in [3.63, 3.8) is 0 Å². The standard InChI is InChI=1S/C15H18ClN3O2S/c1-11-9-17-15(18-11)12-3-2-8-19(10-12)22(20,21)14-6-4-13(16)5-7-14/h4-7,9,12H,2-3,8,10H2,1H3,(H,17,18)/t12-/m1/s1. The van der Waals surface area contributed by atoms with Gasteiger partial charge in [0.25, 0.3) is 0 Å². The molecule has 0 aliphatic carbocycles. The highest BCUT2D eigenvalue weighted by atomic mass is 35.5. The van der Waals surface area contributed by atoms with Gasteiger partial charge in [0.2, 0.25) is 10.0 Å². The zero-order valence-corrected chi connectivity index (χ0v) is 13.9. The second kappa shape index (κ2) is 6.02. The first-order valence-electron chi connectivity index (χ1n) is 7.24. The fraction of sp³-hybridized carbons (Fsp3) is 0.400. The molecule has 5 nitrogen and oxygen atoms in total. The van der Waals surface area contributed by atoms with Gasteiger partial charge in [0.1, 0.15) is 5.82 Å². The van der Waals surface area contributed by atoms with Gasteiger partial charge in [-0.3, -0.25) is 0 Å². The summed E-state index contributed by atoms with van der Waals surface area (Å²) in [6.07, 6.45) is 3.55. The Morgan fingerprint density at radius 3 is 2.68 bits per heavy atom. The van der Waals surface area contributed by atoms with Crippen LogP contribution in [0.2, 0.25) is 5.02 Å². The van der Waals surface area contributed by atoms with Crippen LogP contribution in [-0.4, -0.2) is 35.8 Å². The molecule has 0 bridgehead atoms. The van der Waals surface area contributed by atoms with Gasteiger partial charge in [-0.25, -0.2) is 13.4 Å². The van der Waals surface area contributed by atoms with E-state index >= 15 is 0 Å². The summed E-state index contributed by atoms with van der Waals surface area (Å²) in [6, 6.07) is 6.31. The average molecular weight is 340 g/mol. The van der Waals surface area contributed by atoms with Gasteiger partial charge < -0.3 is 4.98 Å². The molecule has 0 amide bonds. The van der Waals surface area contributed by atoms with Crippen molar-refractivity contribution in [3.8, 4) is 0 Å². The van der Waals surface area contributed by atoms with Crippen LogP contribution in [0.25, 0.3) is 0 Å². The number of piperidine rings is 1. The van der Waals surface area contributed by atoms with E-state index in [1.165, 1.54) is 0 Å². The minimum absolute atomic E-state index is 0.115. The van der Waals surface area contributed by atoms with Gasteiger partial charge >= 0.3 is 0 Å². The zero-order valence-electron chi connectivity index (χ0n) is 12.3. The predicted octanol–water partition coefficient (Wildman–Crippen LogP) is 2.94. The molecular formula is C15H18ClN3O2S. The number of hydrogen-bond donors (Lipinski definition) is 1. The molecule has 2 heterocycles. The minimum Gasteiger partial charge on any atom is -0.346 e. The van der Waals surface area contributed by atoms with Crippen LogP contribution in [0, 0.1) is 6.92 Å². The summed E-state index contributed by atoms with van der Waals surface area (Å²) < 4.78 is 27.0. The number of aromatic amines is 1. The number of halogens is 1. The molecule has 1 aliphatic heterocycles. The second-order valence-corrected chi connectivity index (χ2v) is 7.98. The highest BCUT2D eigenvalue weighted by Gasteiger charge is 2.31. The average Bonchev–Trinajstić information content (AvgIpc) is 2.94. The van der Waals surface area contributed by atoms with Gasteiger partial charge in [-0.2, -0.15) is 4.31 Å². The van der Waals surface area contributed by atoms with Crippen molar-refractivity contribution < 1.29 is 8.42 Å². The summed E-state index contributed by atoms with van der Waals surface area (Å²) in [7, 11) is -3.48. The lowest BCUT2D eigenvalue weighted by Gasteiger charge is -2.31. The quantitative estimate of drug-likeness (QED) is 0.935. The molecule has 0 unspecified atom stereocenters. The smallest absolute Gasteiger partial charge is 0.243 e. The molecule has 3 rings (SSSR count). The maximum absolute atomic E-state index is 12.7. The Morgan fingerprint density at radius 2 is 2.05 bits per heavy atom. The van der Waals surface area contributed by atoms with Crippen molar-refractivity contribution in [2.45, 2.75) is 30.6 Å². The molecule has 0 spiro atoms. The summed E-state index contributed by atoms with van der Waals surface area (Å²) in [5.74, 6) is 0.984. The molecule has 1 aliphatic rings. The molecule has 0 radical (unpaired) electrons. The van der Waals surface area contributed by atoms with Crippen molar-refractivity contribution in [2.75, 3.05) is 13.1 Å². The lowest BCUT2D eigenvalue weighted by atomic mass is 9.99. The van der Waals surface area contributed by atoms with Gasteiger partial charge in [-0.1, -0.05) is 11.6 Å². The zero-order chi connectivity index (χ0) is 15.7. The van der Waals surface area contributed by atoms with Crippen LogP contribution in [0.1, 0.15) is 30.3 Å². The van der Waals surface area contributed by atoms with Gasteiger partial charge in [-0.15, -0.1) is 0 Å². The van der Waals surface area contributed by atoms with Crippen LogP contribution in [-0.2, 0) is 10.0 Å². The maximum atomic E-state index is 12.7. The third-order valence-corrected chi connectivity index (χ3v) is 6.08. The molecule has 118 valence electrons. The number of aromatic nitrogens is 2. The van der Waals surface area contributed by atoms with E-state index in [2.05, 4.69) is 9.97 Å². The van der Waals surface area contributed by atoms with E-state index in [0.717, 1.165) is 24.4 Å². The molecule has 2 aromatic rings. The number of imidazole rings is 1. The first-order chi connectivity index (χ1) is 10.5. The Hall–Kier alpha value is -1.37. The lowest BCUT2D eigenvalue weighted by Crippen LogP contribution is -2.39. The molecule has 1 N–H and O–H groups in total. The molecule has 1 atom stereocenters. The fourth-order valence-corrected chi connectivity index (χ4v) is 4.43. The number of nitrogens with zero attached hydrogens (tertiary/aromatic N) is 2. The third-order valence-electron chi connectivity index (χ3n) is 3.94. The molecule has 0 saturated carbocycles. The van der Waals surface area contributed by atoms with Crippen molar-refractivity contribution >= 4 is 21.6 Å². The van der Waals surface area contributed by atoms with E-state index in [1.54, 1.807) is 34.8 Å². The summed E-state index contributed by atoms with van der Waals surface area (Å²) >= 11 is 5.83. The van der Waals surface area contributed by atoms with Crippen molar-refractivity contribution in [1.82, 2.24) is 14.3 Å². The van der Waals surface area contributed by atoms with E-state index in [1.807, 2.05) is 6.92 Å². The Bertz CT molecular complexity index is 755. The topological polar surface area (TPSA) is 66.1 Å². The summed E-state index contributed by atoms with van der Waals surface area (Å²) in [6.45, 7) is 2.95. The summed E-state index contributed by atoms with van der Waals surface area (Å²) in [4.78, 5) is 7.85. The number of rotatable bonds is 3. The van der Waals surface area contributed by atoms with Gasteiger partial charge in [-0.05, 0) is 44.0 Å². The monoisotopic (exact) mass is 339 g/mol. The number of H-pyrrole nitrogens is 1. The molecule has 1 saturated heterocycles. The van der Waals surface area contributed by atoms with Gasteiger partial charge in [0, 0.05) is 35.9 Å². The van der Waals surface area contributed by atoms with E-state index in [9.17, 15) is 8.42 Å². The highest BCUT2D eigenvalue weighted by molar-refractivity contribution is 7.89. The van der Waals surface area contributed by atoms with E-state index in [-0.39, 0.29) is 10.8 Å². The molecule has 1 aromatic carbocycles. The maximum Gasteiger partial charge on any atom is 0.243 e. The largest absolute Gasteiger partial charge is 0.346 e. The number of benzene rings is 1.